The number of benzene rings is 1. The van der Waals surface area contributed by atoms with E-state index >= 15 is 0 Å². The van der Waals surface area contributed by atoms with Gasteiger partial charge in [-0.25, -0.2) is 0 Å². The van der Waals surface area contributed by atoms with E-state index in [4.69, 9.17) is 10.5 Å². The van der Waals surface area contributed by atoms with Crippen LogP contribution in [0, 0.1) is 0 Å². The predicted molar refractivity (Wildman–Crippen MR) is 71.9 cm³/mol. The number of anilines is 1. The summed E-state index contributed by atoms with van der Waals surface area (Å²) in [4.78, 5) is 13.7. The summed E-state index contributed by atoms with van der Waals surface area (Å²) < 4.78 is 5.35. The molecule has 2 N–H and O–H groups in total. The fraction of sp³-hybridized carbons (Fsp3) is 0.357. The van der Waals surface area contributed by atoms with E-state index in [9.17, 15) is 4.79 Å². The average Bonchev–Trinajstić information content (AvgIpc) is 2.40. The number of allylic oxidation sites excluding steroid dienone is 1. The summed E-state index contributed by atoms with van der Waals surface area (Å²) in [6.45, 7) is 6.86. The smallest absolute Gasteiger partial charge is 0.249 e. The number of hydrogen-bond acceptors (Lipinski definition) is 3. The summed E-state index contributed by atoms with van der Waals surface area (Å²) in [6.07, 6.45) is 2.44. The first kappa shape index (κ1) is 12.6. The fourth-order valence-corrected chi connectivity index (χ4v) is 2.26. The Morgan fingerprint density at radius 2 is 2.17 bits per heavy atom. The van der Waals surface area contributed by atoms with Crippen molar-refractivity contribution in [2.24, 2.45) is 5.73 Å². The largest absolute Gasteiger partial charge is 0.378 e. The van der Waals surface area contributed by atoms with Crippen LogP contribution >= 0.6 is 0 Å². The molecule has 0 unspecified atom stereocenters. The van der Waals surface area contributed by atoms with Crippen LogP contribution in [0.5, 0.6) is 0 Å². The van der Waals surface area contributed by atoms with E-state index in [-0.39, 0.29) is 5.91 Å². The normalized spacial score (nSPS) is 15.4. The monoisotopic (exact) mass is 246 g/mol. The summed E-state index contributed by atoms with van der Waals surface area (Å²) >= 11 is 0. The molecule has 1 aliphatic heterocycles. The third-order valence-corrected chi connectivity index (χ3v) is 3.12. The number of nitrogens with zero attached hydrogens (tertiary/aromatic N) is 1. The third kappa shape index (κ3) is 2.54. The number of amides is 1. The maximum atomic E-state index is 11.5. The van der Waals surface area contributed by atoms with Crippen molar-refractivity contribution < 1.29 is 9.53 Å². The molecular weight excluding hydrogens is 228 g/mol. The highest BCUT2D eigenvalue weighted by atomic mass is 16.5. The Kier molecular flexibility index (Phi) is 3.99. The van der Waals surface area contributed by atoms with Gasteiger partial charge in [-0.2, -0.15) is 0 Å². The number of ether oxygens (including phenoxy) is 1. The number of rotatable bonds is 4. The van der Waals surface area contributed by atoms with Crippen molar-refractivity contribution in [3.8, 4) is 0 Å². The van der Waals surface area contributed by atoms with Gasteiger partial charge in [-0.15, -0.1) is 6.58 Å². The summed E-state index contributed by atoms with van der Waals surface area (Å²) in [5.74, 6) is -0.387. The quantitative estimate of drug-likeness (QED) is 0.816. The lowest BCUT2D eigenvalue weighted by atomic mass is 10.0. The number of primary amides is 1. The highest BCUT2D eigenvalue weighted by molar-refractivity contribution is 5.96. The van der Waals surface area contributed by atoms with Crippen LogP contribution in [0.25, 0.3) is 0 Å². The van der Waals surface area contributed by atoms with Gasteiger partial charge in [0.05, 0.1) is 13.2 Å². The molecule has 0 saturated carbocycles. The molecule has 1 fully saturated rings. The van der Waals surface area contributed by atoms with Gasteiger partial charge in [-0.3, -0.25) is 4.79 Å². The third-order valence-electron chi connectivity index (χ3n) is 3.12. The lowest BCUT2D eigenvalue weighted by Gasteiger charge is -2.31. The number of hydrogen-bond donors (Lipinski definition) is 1. The Bertz CT molecular complexity index is 451. The standard InChI is InChI=1S/C14H18N2O2/c1-2-4-11-12(14(15)17)5-3-6-13(11)16-7-9-18-10-8-16/h2-3,5-6H,1,4,7-10H2,(H2,15,17). The van der Waals surface area contributed by atoms with Gasteiger partial charge in [0, 0.05) is 24.3 Å². The molecule has 1 amide bonds. The van der Waals surface area contributed by atoms with Crippen LogP contribution in [-0.2, 0) is 11.2 Å². The SMILES string of the molecule is C=CCc1c(C(N)=O)cccc1N1CCOCC1. The Morgan fingerprint density at radius 3 is 2.78 bits per heavy atom. The second-order valence-corrected chi connectivity index (χ2v) is 4.26. The highest BCUT2D eigenvalue weighted by Gasteiger charge is 2.18. The van der Waals surface area contributed by atoms with Crippen molar-refractivity contribution in [3.05, 3.63) is 42.0 Å². The predicted octanol–water partition coefficient (Wildman–Crippen LogP) is 1.35. The van der Waals surface area contributed by atoms with E-state index in [0.29, 0.717) is 25.2 Å². The molecule has 0 bridgehead atoms. The molecule has 1 aromatic carbocycles. The molecule has 1 heterocycles. The molecule has 0 atom stereocenters. The minimum absolute atomic E-state index is 0.387. The number of nitrogens with two attached hydrogens (primary N) is 1. The summed E-state index contributed by atoms with van der Waals surface area (Å²) in [5, 5.41) is 0. The highest BCUT2D eigenvalue weighted by Crippen LogP contribution is 2.25. The maximum Gasteiger partial charge on any atom is 0.249 e. The Labute approximate surface area is 107 Å². The Hall–Kier alpha value is -1.81. The zero-order valence-corrected chi connectivity index (χ0v) is 10.4. The van der Waals surface area contributed by atoms with Crippen molar-refractivity contribution in [2.45, 2.75) is 6.42 Å². The van der Waals surface area contributed by atoms with Gasteiger partial charge >= 0.3 is 0 Å². The second kappa shape index (κ2) is 5.69. The number of carbonyl (C=O) groups is 1. The average molecular weight is 246 g/mol. The van der Waals surface area contributed by atoms with Gasteiger partial charge in [-0.1, -0.05) is 12.1 Å². The van der Waals surface area contributed by atoms with Gasteiger partial charge < -0.3 is 15.4 Å². The molecule has 0 spiro atoms. The first-order valence-electron chi connectivity index (χ1n) is 6.09. The first-order valence-corrected chi connectivity index (χ1v) is 6.09. The molecule has 4 nitrogen and oxygen atoms in total. The van der Waals surface area contributed by atoms with E-state index in [1.54, 1.807) is 12.1 Å². The molecular formula is C14H18N2O2. The molecule has 0 aromatic heterocycles. The number of morpholine rings is 1. The van der Waals surface area contributed by atoms with Crippen LogP contribution in [0.1, 0.15) is 15.9 Å². The molecule has 1 saturated heterocycles. The summed E-state index contributed by atoms with van der Waals surface area (Å²) in [5.41, 5.74) is 8.03. The minimum Gasteiger partial charge on any atom is -0.378 e. The van der Waals surface area contributed by atoms with E-state index in [1.807, 2.05) is 12.1 Å². The van der Waals surface area contributed by atoms with Gasteiger partial charge in [-0.05, 0) is 24.1 Å². The van der Waals surface area contributed by atoms with Crippen molar-refractivity contribution in [1.29, 1.82) is 0 Å². The van der Waals surface area contributed by atoms with Gasteiger partial charge in [0.2, 0.25) is 5.91 Å². The molecule has 18 heavy (non-hydrogen) atoms. The van der Waals surface area contributed by atoms with Crippen molar-refractivity contribution in [2.75, 3.05) is 31.2 Å². The lowest BCUT2D eigenvalue weighted by molar-refractivity contribution is 0.0999. The molecule has 1 aliphatic rings. The van der Waals surface area contributed by atoms with Gasteiger partial charge in [0.1, 0.15) is 0 Å². The van der Waals surface area contributed by atoms with Crippen LogP contribution in [0.4, 0.5) is 5.69 Å². The molecule has 0 aliphatic carbocycles. The van der Waals surface area contributed by atoms with Crippen LogP contribution in [0.2, 0.25) is 0 Å². The molecule has 96 valence electrons. The van der Waals surface area contributed by atoms with Gasteiger partial charge in [0.25, 0.3) is 0 Å². The second-order valence-electron chi connectivity index (χ2n) is 4.26. The van der Waals surface area contributed by atoms with E-state index in [2.05, 4.69) is 11.5 Å². The van der Waals surface area contributed by atoms with E-state index in [1.165, 1.54) is 0 Å². The topological polar surface area (TPSA) is 55.6 Å². The van der Waals surface area contributed by atoms with Crippen LogP contribution in [0.15, 0.2) is 30.9 Å². The van der Waals surface area contributed by atoms with Crippen molar-refractivity contribution in [1.82, 2.24) is 0 Å². The lowest BCUT2D eigenvalue weighted by Crippen LogP contribution is -2.37. The van der Waals surface area contributed by atoms with Gasteiger partial charge in [0.15, 0.2) is 0 Å². The maximum absolute atomic E-state index is 11.5. The first-order chi connectivity index (χ1) is 8.74. The molecule has 1 aromatic rings. The summed E-state index contributed by atoms with van der Waals surface area (Å²) in [7, 11) is 0. The molecule has 2 rings (SSSR count). The van der Waals surface area contributed by atoms with Crippen LogP contribution in [0.3, 0.4) is 0 Å². The van der Waals surface area contributed by atoms with E-state index in [0.717, 1.165) is 24.3 Å². The van der Waals surface area contributed by atoms with Crippen molar-refractivity contribution in [3.63, 3.8) is 0 Å². The fourth-order valence-electron chi connectivity index (χ4n) is 2.26. The Morgan fingerprint density at radius 1 is 1.44 bits per heavy atom. The zero-order valence-electron chi connectivity index (χ0n) is 10.4. The van der Waals surface area contributed by atoms with Crippen LogP contribution < -0.4 is 10.6 Å². The van der Waals surface area contributed by atoms with E-state index < -0.39 is 0 Å². The zero-order chi connectivity index (χ0) is 13.0. The number of carbonyl (C=O) groups excluding carboxylic acids is 1. The van der Waals surface area contributed by atoms with Crippen molar-refractivity contribution >= 4 is 11.6 Å². The minimum atomic E-state index is -0.387. The molecule has 4 heteroatoms. The Balaban J connectivity index is 2.41. The summed E-state index contributed by atoms with van der Waals surface area (Å²) in [6, 6.07) is 5.67. The van der Waals surface area contributed by atoms with Crippen LogP contribution in [-0.4, -0.2) is 32.2 Å². The molecule has 0 radical (unpaired) electrons.